The van der Waals surface area contributed by atoms with Gasteiger partial charge in [-0.15, -0.1) is 0 Å². The summed E-state index contributed by atoms with van der Waals surface area (Å²) in [4.78, 5) is 25.2. The van der Waals surface area contributed by atoms with Crippen LogP contribution in [0, 0.1) is 5.92 Å². The van der Waals surface area contributed by atoms with Crippen LogP contribution in [-0.2, 0) is 23.3 Å². The van der Waals surface area contributed by atoms with Crippen LogP contribution in [0.2, 0.25) is 0 Å². The largest absolute Gasteiger partial charge is 0.493 e. The van der Waals surface area contributed by atoms with Crippen molar-refractivity contribution in [3.05, 3.63) is 74.6 Å². The lowest BCUT2D eigenvalue weighted by atomic mass is 10.1. The van der Waals surface area contributed by atoms with Gasteiger partial charge in [0.1, 0.15) is 5.75 Å². The summed E-state index contributed by atoms with van der Waals surface area (Å²) in [5, 5.41) is 0. The molecule has 1 saturated carbocycles. The Hall–Kier alpha value is -2.69. The predicted octanol–water partition coefficient (Wildman–Crippen LogP) is 0.992. The Labute approximate surface area is 180 Å². The molecule has 10 heteroatoms. The summed E-state index contributed by atoms with van der Waals surface area (Å²) >= 11 is 0. The van der Waals surface area contributed by atoms with Crippen LogP contribution in [0.25, 0.3) is 0 Å². The van der Waals surface area contributed by atoms with Crippen molar-refractivity contribution in [3.8, 4) is 5.75 Å². The second-order valence-electron chi connectivity index (χ2n) is 7.94. The molecule has 1 fully saturated rings. The van der Waals surface area contributed by atoms with E-state index in [0.29, 0.717) is 32.0 Å². The van der Waals surface area contributed by atoms with E-state index in [0.717, 1.165) is 16.9 Å². The molecular formula is C21H26N4O5S. The zero-order valence-corrected chi connectivity index (χ0v) is 17.9. The third kappa shape index (κ3) is 5.93. The first-order chi connectivity index (χ1) is 14.9. The fourth-order valence-corrected chi connectivity index (χ4v) is 4.49. The maximum atomic E-state index is 12.7. The maximum absolute atomic E-state index is 12.7. The van der Waals surface area contributed by atoms with Crippen molar-refractivity contribution in [2.45, 2.75) is 32.4 Å². The topological polar surface area (TPSA) is 114 Å². The van der Waals surface area contributed by atoms with Gasteiger partial charge in [-0.1, -0.05) is 23.8 Å². The Morgan fingerprint density at radius 3 is 2.74 bits per heavy atom. The molecule has 0 spiro atoms. The molecule has 1 aliphatic heterocycles. The van der Waals surface area contributed by atoms with E-state index in [-0.39, 0.29) is 13.1 Å². The van der Waals surface area contributed by atoms with E-state index in [9.17, 15) is 18.0 Å². The minimum Gasteiger partial charge on any atom is -0.493 e. The van der Waals surface area contributed by atoms with Gasteiger partial charge in [0.25, 0.3) is 15.8 Å². The molecule has 1 aliphatic carbocycles. The first-order valence-corrected chi connectivity index (χ1v) is 11.8. The van der Waals surface area contributed by atoms with Crippen LogP contribution < -0.4 is 20.7 Å². The van der Waals surface area contributed by atoms with E-state index >= 15 is 0 Å². The lowest BCUT2D eigenvalue weighted by Crippen LogP contribution is -2.43. The summed E-state index contributed by atoms with van der Waals surface area (Å²) in [5.41, 5.74) is 0.861. The van der Waals surface area contributed by atoms with Gasteiger partial charge in [-0.3, -0.25) is 14.3 Å². The third-order valence-electron chi connectivity index (χ3n) is 5.42. The average Bonchev–Trinajstić information content (AvgIpc) is 3.58. The minimum atomic E-state index is -3.64. The van der Waals surface area contributed by atoms with Gasteiger partial charge in [-0.25, -0.2) is 4.79 Å². The molecule has 0 radical (unpaired) electrons. The fraction of sp³-hybridized carbons (Fsp3) is 0.429. The molecule has 0 bridgehead atoms. The summed E-state index contributed by atoms with van der Waals surface area (Å²) in [5.74, 6) is 1.41. The SMILES string of the molecule is O=c1ccn(CC2=CCN(S(=O)(=O)NCc3cccc(OCC4CC4)c3)CC2)c(=O)[nH]1. The van der Waals surface area contributed by atoms with Crippen LogP contribution in [0.15, 0.2) is 57.8 Å². The Kier molecular flexibility index (Phi) is 6.40. The number of ether oxygens (including phenoxy) is 1. The number of hydrogen-bond acceptors (Lipinski definition) is 5. The Morgan fingerprint density at radius 2 is 2.03 bits per heavy atom. The molecule has 31 heavy (non-hydrogen) atoms. The van der Waals surface area contributed by atoms with Gasteiger partial charge >= 0.3 is 5.69 Å². The van der Waals surface area contributed by atoms with Crippen LogP contribution in [0.5, 0.6) is 5.75 Å². The molecule has 166 valence electrons. The molecule has 0 unspecified atom stereocenters. The Balaban J connectivity index is 1.31. The van der Waals surface area contributed by atoms with Gasteiger partial charge in [0.2, 0.25) is 0 Å². The highest BCUT2D eigenvalue weighted by Crippen LogP contribution is 2.29. The number of hydrogen-bond donors (Lipinski definition) is 2. The van der Waals surface area contributed by atoms with Gasteiger partial charge in [-0.2, -0.15) is 17.4 Å². The van der Waals surface area contributed by atoms with Gasteiger partial charge in [0, 0.05) is 38.4 Å². The van der Waals surface area contributed by atoms with E-state index in [1.165, 1.54) is 34.0 Å². The van der Waals surface area contributed by atoms with Crippen LogP contribution >= 0.6 is 0 Å². The van der Waals surface area contributed by atoms with Crippen molar-refractivity contribution in [3.63, 3.8) is 0 Å². The van der Waals surface area contributed by atoms with Crippen LogP contribution in [0.4, 0.5) is 0 Å². The molecule has 1 aromatic heterocycles. The molecule has 0 atom stereocenters. The maximum Gasteiger partial charge on any atom is 0.328 e. The highest BCUT2D eigenvalue weighted by Gasteiger charge is 2.24. The quantitative estimate of drug-likeness (QED) is 0.558. The van der Waals surface area contributed by atoms with Crippen molar-refractivity contribution < 1.29 is 13.2 Å². The van der Waals surface area contributed by atoms with Crippen molar-refractivity contribution in [2.75, 3.05) is 19.7 Å². The van der Waals surface area contributed by atoms with E-state index in [4.69, 9.17) is 4.74 Å². The normalized spacial score (nSPS) is 17.4. The molecule has 2 heterocycles. The van der Waals surface area contributed by atoms with Crippen LogP contribution in [0.1, 0.15) is 24.8 Å². The monoisotopic (exact) mass is 446 g/mol. The second kappa shape index (κ2) is 9.21. The zero-order chi connectivity index (χ0) is 21.8. The number of aromatic amines is 1. The van der Waals surface area contributed by atoms with Crippen LogP contribution in [-0.4, -0.2) is 42.0 Å². The van der Waals surface area contributed by atoms with E-state index in [2.05, 4.69) is 9.71 Å². The summed E-state index contributed by atoms with van der Waals surface area (Å²) in [6, 6.07) is 8.76. The lowest BCUT2D eigenvalue weighted by molar-refractivity contribution is 0.299. The van der Waals surface area contributed by atoms with Crippen molar-refractivity contribution in [2.24, 2.45) is 5.92 Å². The molecule has 0 saturated heterocycles. The average molecular weight is 447 g/mol. The highest BCUT2D eigenvalue weighted by atomic mass is 32.2. The van der Waals surface area contributed by atoms with Crippen LogP contribution in [0.3, 0.4) is 0 Å². The molecular weight excluding hydrogens is 420 g/mol. The third-order valence-corrected chi connectivity index (χ3v) is 6.94. The number of aromatic nitrogens is 2. The first-order valence-electron chi connectivity index (χ1n) is 10.3. The number of H-pyrrole nitrogens is 1. The first kappa shape index (κ1) is 21.5. The zero-order valence-electron chi connectivity index (χ0n) is 17.1. The van der Waals surface area contributed by atoms with Crippen molar-refractivity contribution in [1.82, 2.24) is 18.6 Å². The summed E-state index contributed by atoms with van der Waals surface area (Å²) in [6.45, 7) is 1.77. The summed E-state index contributed by atoms with van der Waals surface area (Å²) in [7, 11) is -3.64. The lowest BCUT2D eigenvalue weighted by Gasteiger charge is -2.26. The minimum absolute atomic E-state index is 0.183. The molecule has 2 aliphatic rings. The number of nitrogens with one attached hydrogen (secondary N) is 2. The number of nitrogens with zero attached hydrogens (tertiary/aromatic N) is 2. The van der Waals surface area contributed by atoms with E-state index in [1.54, 1.807) is 0 Å². The molecule has 2 aromatic rings. The summed E-state index contributed by atoms with van der Waals surface area (Å²) < 4.78 is 36.5. The number of benzene rings is 1. The van der Waals surface area contributed by atoms with Gasteiger partial charge < -0.3 is 4.74 Å². The number of rotatable bonds is 9. The summed E-state index contributed by atoms with van der Waals surface area (Å²) in [6.07, 6.45) is 6.19. The molecule has 9 nitrogen and oxygen atoms in total. The Morgan fingerprint density at radius 1 is 1.19 bits per heavy atom. The van der Waals surface area contributed by atoms with E-state index < -0.39 is 21.5 Å². The van der Waals surface area contributed by atoms with Crippen molar-refractivity contribution in [1.29, 1.82) is 0 Å². The van der Waals surface area contributed by atoms with Gasteiger partial charge in [0.05, 0.1) is 6.61 Å². The van der Waals surface area contributed by atoms with Gasteiger partial charge in [-0.05, 0) is 42.9 Å². The van der Waals surface area contributed by atoms with Crippen molar-refractivity contribution >= 4 is 10.2 Å². The second-order valence-corrected chi connectivity index (χ2v) is 9.69. The molecule has 0 amide bonds. The highest BCUT2D eigenvalue weighted by molar-refractivity contribution is 7.87. The smallest absolute Gasteiger partial charge is 0.328 e. The van der Waals surface area contributed by atoms with E-state index in [1.807, 2.05) is 30.3 Å². The molecule has 2 N–H and O–H groups in total. The Bertz CT molecular complexity index is 1180. The molecule has 4 rings (SSSR count). The van der Waals surface area contributed by atoms with Gasteiger partial charge in [0.15, 0.2) is 0 Å². The fourth-order valence-electron chi connectivity index (χ4n) is 3.35. The predicted molar refractivity (Wildman–Crippen MR) is 116 cm³/mol. The molecule has 1 aromatic carbocycles. The standard InChI is InChI=1S/C21H26N4O5S/c26-20-8-9-24(21(27)23-20)14-16-6-10-25(11-7-16)31(28,29)22-13-18-2-1-3-19(12-18)30-15-17-4-5-17/h1-3,6,8-9,12,17,22H,4-5,7,10-11,13-15H2,(H,23,26,27).